The van der Waals surface area contributed by atoms with Crippen molar-refractivity contribution < 1.29 is 28.9 Å². The Kier molecular flexibility index (Phi) is 9.04. The van der Waals surface area contributed by atoms with E-state index >= 15 is 0 Å². The maximum Gasteiger partial charge on any atom is 0.305 e. The first-order chi connectivity index (χ1) is 17.4. The predicted molar refractivity (Wildman–Crippen MR) is 143 cm³/mol. The highest BCUT2D eigenvalue weighted by Gasteiger charge is 2.26. The largest absolute Gasteiger partial charge is 0.481 e. The second-order valence-electron chi connectivity index (χ2n) is 9.56. The van der Waals surface area contributed by atoms with Crippen molar-refractivity contribution in [2.75, 3.05) is 6.16 Å². The molecule has 1 aromatic heterocycles. The first-order valence-corrected chi connectivity index (χ1v) is 13.9. The molecule has 0 saturated carbocycles. The summed E-state index contributed by atoms with van der Waals surface area (Å²) in [5.74, 6) is 1.07. The number of benzene rings is 2. The summed E-state index contributed by atoms with van der Waals surface area (Å²) in [6.07, 6.45) is -2.83. The molecule has 2 aromatic carbocycles. The molecule has 0 saturated heterocycles. The minimum absolute atomic E-state index is 0.0251. The van der Waals surface area contributed by atoms with Gasteiger partial charge in [-0.25, -0.2) is 4.39 Å². The molecule has 6 nitrogen and oxygen atoms in total. The van der Waals surface area contributed by atoms with Crippen molar-refractivity contribution in [3.05, 3.63) is 77.2 Å². The second-order valence-corrected chi connectivity index (χ2v) is 11.6. The van der Waals surface area contributed by atoms with Crippen molar-refractivity contribution in [2.45, 2.75) is 52.1 Å². The number of pyridine rings is 1. The fraction of sp³-hybridized carbons (Fsp3) is 0.310. The molecule has 0 fully saturated rings. The SMILES string of the molecule is CC(C)c1nc(-c2ccccc2)c(C(C)C)c(-c2ccc(F)cc2)c1C#CP(=O)(O)CC(O)CC(=O)O. The lowest BCUT2D eigenvalue weighted by Crippen LogP contribution is -2.17. The van der Waals surface area contributed by atoms with E-state index in [1.54, 1.807) is 12.1 Å². The van der Waals surface area contributed by atoms with Crippen LogP contribution in [0.3, 0.4) is 0 Å². The van der Waals surface area contributed by atoms with Gasteiger partial charge < -0.3 is 15.1 Å². The molecule has 3 rings (SSSR count). The third kappa shape index (κ3) is 7.14. The lowest BCUT2D eigenvalue weighted by atomic mass is 9.84. The standard InChI is InChI=1S/C29H31FNO5P/c1-18(2)26-27(20-10-12-22(30)13-11-20)24(14-15-37(35,36)17-23(32)16-25(33)34)28(19(3)4)31-29(26)21-8-6-5-7-9-21/h5-13,18-19,23,32H,16-17H2,1-4H3,(H,33,34)(H,35,36). The number of aliphatic hydroxyl groups is 1. The molecule has 0 spiro atoms. The van der Waals surface area contributed by atoms with Gasteiger partial charge in [0.05, 0.1) is 35.6 Å². The molecule has 1 heterocycles. The monoisotopic (exact) mass is 523 g/mol. The number of aromatic nitrogens is 1. The number of rotatable bonds is 8. The van der Waals surface area contributed by atoms with Crippen molar-refractivity contribution >= 4 is 13.3 Å². The van der Waals surface area contributed by atoms with E-state index < -0.39 is 37.8 Å². The topological polar surface area (TPSA) is 108 Å². The van der Waals surface area contributed by atoms with E-state index in [4.69, 9.17) is 10.1 Å². The van der Waals surface area contributed by atoms with Gasteiger partial charge in [0.1, 0.15) is 5.82 Å². The summed E-state index contributed by atoms with van der Waals surface area (Å²) in [4.78, 5) is 26.3. The second kappa shape index (κ2) is 11.8. The van der Waals surface area contributed by atoms with Crippen LogP contribution in [0.25, 0.3) is 22.4 Å². The lowest BCUT2D eigenvalue weighted by Gasteiger charge is -2.23. The number of carboxylic acid groups (broad SMARTS) is 1. The van der Waals surface area contributed by atoms with Gasteiger partial charge in [-0.2, -0.15) is 0 Å². The Balaban J connectivity index is 2.35. The smallest absolute Gasteiger partial charge is 0.305 e. The molecular weight excluding hydrogens is 492 g/mol. The fourth-order valence-electron chi connectivity index (χ4n) is 4.20. The van der Waals surface area contributed by atoms with E-state index in [0.29, 0.717) is 22.4 Å². The molecule has 194 valence electrons. The number of halogens is 1. The van der Waals surface area contributed by atoms with Crippen molar-refractivity contribution in [3.8, 4) is 34.0 Å². The van der Waals surface area contributed by atoms with Gasteiger partial charge in [-0.15, -0.1) is 0 Å². The van der Waals surface area contributed by atoms with Crippen LogP contribution in [-0.4, -0.2) is 38.3 Å². The van der Waals surface area contributed by atoms with Crippen LogP contribution in [0.5, 0.6) is 0 Å². The number of aliphatic hydroxyl groups excluding tert-OH is 1. The van der Waals surface area contributed by atoms with Crippen molar-refractivity contribution in [1.82, 2.24) is 4.98 Å². The van der Waals surface area contributed by atoms with Crippen LogP contribution >= 0.6 is 7.37 Å². The average molecular weight is 524 g/mol. The summed E-state index contributed by atoms with van der Waals surface area (Å²) in [5.41, 5.74) is 7.40. The number of hydrogen-bond acceptors (Lipinski definition) is 4. The summed E-state index contributed by atoms with van der Waals surface area (Å²) >= 11 is 0. The molecule has 0 radical (unpaired) electrons. The average Bonchev–Trinajstić information content (AvgIpc) is 2.81. The zero-order chi connectivity index (χ0) is 27.3. The molecule has 0 aliphatic rings. The van der Waals surface area contributed by atoms with Crippen LogP contribution in [0, 0.1) is 17.4 Å². The molecule has 3 aromatic rings. The lowest BCUT2D eigenvalue weighted by molar-refractivity contribution is -0.138. The highest BCUT2D eigenvalue weighted by Crippen LogP contribution is 2.43. The van der Waals surface area contributed by atoms with Gasteiger partial charge in [0.25, 0.3) is 7.37 Å². The zero-order valence-corrected chi connectivity index (χ0v) is 22.2. The number of carbonyl (C=O) groups is 1. The van der Waals surface area contributed by atoms with Crippen molar-refractivity contribution in [3.63, 3.8) is 0 Å². The minimum Gasteiger partial charge on any atom is -0.481 e. The molecule has 8 heteroatoms. The Morgan fingerprint density at radius 3 is 2.16 bits per heavy atom. The number of aliphatic carboxylic acids is 1. The highest BCUT2D eigenvalue weighted by atomic mass is 31.2. The quantitative estimate of drug-likeness (QED) is 0.239. The molecular formula is C29H31FNO5P. The van der Waals surface area contributed by atoms with E-state index in [-0.39, 0.29) is 11.8 Å². The van der Waals surface area contributed by atoms with Crippen LogP contribution in [-0.2, 0) is 9.36 Å². The molecule has 0 amide bonds. The van der Waals surface area contributed by atoms with Gasteiger partial charge in [0, 0.05) is 11.1 Å². The Hall–Kier alpha value is -3.30. The van der Waals surface area contributed by atoms with Gasteiger partial charge in [0.2, 0.25) is 0 Å². The predicted octanol–water partition coefficient (Wildman–Crippen LogP) is 6.22. The summed E-state index contributed by atoms with van der Waals surface area (Å²) in [6, 6.07) is 15.7. The first kappa shape index (κ1) is 28.3. The normalized spacial score (nSPS) is 13.6. The summed E-state index contributed by atoms with van der Waals surface area (Å²) < 4.78 is 26.7. The van der Waals surface area contributed by atoms with Gasteiger partial charge in [-0.3, -0.25) is 14.3 Å². The van der Waals surface area contributed by atoms with Crippen LogP contribution in [0.2, 0.25) is 0 Å². The highest BCUT2D eigenvalue weighted by molar-refractivity contribution is 7.63. The van der Waals surface area contributed by atoms with Gasteiger partial charge in [-0.1, -0.05) is 76.1 Å². The maximum atomic E-state index is 13.9. The third-order valence-electron chi connectivity index (χ3n) is 5.79. The maximum absolute atomic E-state index is 13.9. The molecule has 0 aliphatic carbocycles. The van der Waals surface area contributed by atoms with Crippen LogP contribution in [0.1, 0.15) is 62.8 Å². The minimum atomic E-state index is -4.21. The van der Waals surface area contributed by atoms with E-state index in [0.717, 1.165) is 16.8 Å². The van der Waals surface area contributed by atoms with E-state index in [9.17, 15) is 23.7 Å². The Bertz CT molecular complexity index is 1380. The van der Waals surface area contributed by atoms with Crippen LogP contribution in [0.15, 0.2) is 54.6 Å². The Morgan fingerprint density at radius 1 is 1.00 bits per heavy atom. The van der Waals surface area contributed by atoms with Gasteiger partial charge in [-0.05, 0) is 40.8 Å². The summed E-state index contributed by atoms with van der Waals surface area (Å²) in [5, 5.41) is 18.8. The van der Waals surface area contributed by atoms with Crippen LogP contribution < -0.4 is 0 Å². The molecule has 37 heavy (non-hydrogen) atoms. The summed E-state index contributed by atoms with van der Waals surface area (Å²) in [6.45, 7) is 7.92. The van der Waals surface area contributed by atoms with E-state index in [2.05, 4.69) is 11.6 Å². The van der Waals surface area contributed by atoms with Crippen molar-refractivity contribution in [1.29, 1.82) is 0 Å². The van der Waals surface area contributed by atoms with E-state index in [1.807, 2.05) is 58.0 Å². The molecule has 0 bridgehead atoms. The molecule has 2 unspecified atom stereocenters. The third-order valence-corrected chi connectivity index (χ3v) is 7.17. The molecule has 3 N–H and O–H groups in total. The van der Waals surface area contributed by atoms with Crippen molar-refractivity contribution in [2.24, 2.45) is 0 Å². The molecule has 2 atom stereocenters. The zero-order valence-electron chi connectivity index (χ0n) is 21.3. The van der Waals surface area contributed by atoms with E-state index in [1.165, 1.54) is 12.1 Å². The number of nitrogens with zero attached hydrogens (tertiary/aromatic N) is 1. The first-order valence-electron chi connectivity index (χ1n) is 12.0. The van der Waals surface area contributed by atoms with Crippen LogP contribution in [0.4, 0.5) is 4.39 Å². The number of carboxylic acids is 1. The number of hydrogen-bond donors (Lipinski definition) is 3. The Morgan fingerprint density at radius 2 is 1.62 bits per heavy atom. The Labute approximate surface area is 216 Å². The summed E-state index contributed by atoms with van der Waals surface area (Å²) in [7, 11) is -4.21. The van der Waals surface area contributed by atoms with Gasteiger partial charge in [0.15, 0.2) is 0 Å². The van der Waals surface area contributed by atoms with Gasteiger partial charge >= 0.3 is 5.97 Å². The molecule has 0 aliphatic heterocycles. The fourth-order valence-corrected chi connectivity index (χ4v) is 5.28.